The van der Waals surface area contributed by atoms with Crippen molar-refractivity contribution in [1.29, 1.82) is 0 Å². The van der Waals surface area contributed by atoms with E-state index >= 15 is 0 Å². The highest BCUT2D eigenvalue weighted by atomic mass is 32.2. The Kier molecular flexibility index (Phi) is 5.36. The standard InChI is InChI=1S/C16H19N3O3S/c1-2-19(14-8-4-3-5-9-14)12-16(20)18-13-7-6-10-15(11-13)23(17,21)22/h3-11H,2,12H2,1H3,(H,18,20)(H2,17,21,22). The van der Waals surface area contributed by atoms with Crippen LogP contribution in [0, 0.1) is 0 Å². The van der Waals surface area contributed by atoms with Gasteiger partial charge in [0, 0.05) is 17.9 Å². The summed E-state index contributed by atoms with van der Waals surface area (Å²) in [5.74, 6) is -0.234. The molecule has 0 unspecified atom stereocenters. The monoisotopic (exact) mass is 333 g/mol. The number of hydrogen-bond donors (Lipinski definition) is 2. The number of likely N-dealkylation sites (N-methyl/N-ethyl adjacent to an activating group) is 1. The van der Waals surface area contributed by atoms with Gasteiger partial charge in [0.25, 0.3) is 0 Å². The van der Waals surface area contributed by atoms with Gasteiger partial charge in [-0.25, -0.2) is 13.6 Å². The van der Waals surface area contributed by atoms with E-state index in [4.69, 9.17) is 5.14 Å². The van der Waals surface area contributed by atoms with Gasteiger partial charge in [-0.1, -0.05) is 24.3 Å². The van der Waals surface area contributed by atoms with Crippen LogP contribution in [0.4, 0.5) is 11.4 Å². The second kappa shape index (κ2) is 7.26. The van der Waals surface area contributed by atoms with Crippen LogP contribution in [0.2, 0.25) is 0 Å². The Morgan fingerprint density at radius 1 is 1.13 bits per heavy atom. The minimum atomic E-state index is -3.79. The molecular formula is C16H19N3O3S. The molecule has 0 radical (unpaired) electrons. The number of anilines is 2. The lowest BCUT2D eigenvalue weighted by molar-refractivity contribution is -0.115. The number of sulfonamides is 1. The van der Waals surface area contributed by atoms with Crippen molar-refractivity contribution in [3.05, 3.63) is 54.6 Å². The highest BCUT2D eigenvalue weighted by Gasteiger charge is 2.12. The molecule has 3 N–H and O–H groups in total. The maximum absolute atomic E-state index is 12.2. The van der Waals surface area contributed by atoms with E-state index in [2.05, 4.69) is 5.32 Å². The number of carbonyl (C=O) groups excluding carboxylic acids is 1. The number of para-hydroxylation sites is 1. The topological polar surface area (TPSA) is 92.5 Å². The van der Waals surface area contributed by atoms with Crippen molar-refractivity contribution < 1.29 is 13.2 Å². The van der Waals surface area contributed by atoms with Crippen LogP contribution in [0.25, 0.3) is 0 Å². The predicted molar refractivity (Wildman–Crippen MR) is 90.8 cm³/mol. The van der Waals surface area contributed by atoms with Gasteiger partial charge in [-0.3, -0.25) is 4.79 Å². The highest BCUT2D eigenvalue weighted by molar-refractivity contribution is 7.89. The van der Waals surface area contributed by atoms with Crippen molar-refractivity contribution in [2.75, 3.05) is 23.3 Å². The Hall–Kier alpha value is -2.38. The molecule has 23 heavy (non-hydrogen) atoms. The fourth-order valence-corrected chi connectivity index (χ4v) is 2.71. The van der Waals surface area contributed by atoms with Crippen LogP contribution in [0.15, 0.2) is 59.5 Å². The molecule has 1 amide bonds. The molecule has 0 bridgehead atoms. The van der Waals surface area contributed by atoms with Crippen LogP contribution >= 0.6 is 0 Å². The van der Waals surface area contributed by atoms with Crippen molar-refractivity contribution >= 4 is 27.3 Å². The van der Waals surface area contributed by atoms with Gasteiger partial charge in [0.15, 0.2) is 0 Å². The molecule has 0 aliphatic heterocycles. The number of nitrogens with two attached hydrogens (primary N) is 1. The van der Waals surface area contributed by atoms with Crippen molar-refractivity contribution in [2.24, 2.45) is 5.14 Å². The number of primary sulfonamides is 1. The van der Waals surface area contributed by atoms with Gasteiger partial charge in [0.05, 0.1) is 11.4 Å². The van der Waals surface area contributed by atoms with Crippen LogP contribution in [0.1, 0.15) is 6.92 Å². The first-order chi connectivity index (χ1) is 10.9. The number of benzene rings is 2. The maximum Gasteiger partial charge on any atom is 0.243 e. The summed E-state index contributed by atoms with van der Waals surface area (Å²) in [5, 5.41) is 7.77. The summed E-state index contributed by atoms with van der Waals surface area (Å²) in [6.07, 6.45) is 0. The van der Waals surface area contributed by atoms with Crippen LogP contribution in [0.3, 0.4) is 0 Å². The molecule has 2 rings (SSSR count). The number of nitrogens with one attached hydrogen (secondary N) is 1. The molecule has 0 aliphatic rings. The molecule has 2 aromatic carbocycles. The smallest absolute Gasteiger partial charge is 0.243 e. The second-order valence-corrected chi connectivity index (χ2v) is 6.53. The first kappa shape index (κ1) is 17.0. The van der Waals surface area contributed by atoms with Crippen molar-refractivity contribution in [2.45, 2.75) is 11.8 Å². The van der Waals surface area contributed by atoms with Gasteiger partial charge in [-0.2, -0.15) is 0 Å². The average Bonchev–Trinajstić information content (AvgIpc) is 2.53. The van der Waals surface area contributed by atoms with Gasteiger partial charge in [0.1, 0.15) is 0 Å². The Labute approximate surface area is 136 Å². The number of nitrogens with zero attached hydrogens (tertiary/aromatic N) is 1. The summed E-state index contributed by atoms with van der Waals surface area (Å²) in [5.41, 5.74) is 1.34. The van der Waals surface area contributed by atoms with E-state index < -0.39 is 10.0 Å². The van der Waals surface area contributed by atoms with Crippen LogP contribution in [-0.4, -0.2) is 27.4 Å². The third-order valence-electron chi connectivity index (χ3n) is 3.28. The molecule has 0 saturated carbocycles. The molecular weight excluding hydrogens is 314 g/mol. The average molecular weight is 333 g/mol. The summed E-state index contributed by atoms with van der Waals surface area (Å²) >= 11 is 0. The van der Waals surface area contributed by atoms with E-state index in [1.165, 1.54) is 18.2 Å². The third-order valence-corrected chi connectivity index (χ3v) is 4.19. The van der Waals surface area contributed by atoms with Gasteiger partial charge >= 0.3 is 0 Å². The molecule has 122 valence electrons. The van der Waals surface area contributed by atoms with Crippen molar-refractivity contribution in [3.8, 4) is 0 Å². The molecule has 0 heterocycles. The highest BCUT2D eigenvalue weighted by Crippen LogP contribution is 2.15. The predicted octanol–water partition coefficient (Wildman–Crippen LogP) is 1.80. The van der Waals surface area contributed by atoms with Gasteiger partial charge < -0.3 is 10.2 Å². The summed E-state index contributed by atoms with van der Waals surface area (Å²) in [6, 6.07) is 15.5. The quantitative estimate of drug-likeness (QED) is 0.843. The second-order valence-electron chi connectivity index (χ2n) is 4.97. The lowest BCUT2D eigenvalue weighted by Gasteiger charge is -2.22. The first-order valence-electron chi connectivity index (χ1n) is 7.13. The van der Waals surface area contributed by atoms with Gasteiger partial charge in [-0.15, -0.1) is 0 Å². The minimum absolute atomic E-state index is 0.0364. The number of hydrogen-bond acceptors (Lipinski definition) is 4. The zero-order valence-corrected chi connectivity index (χ0v) is 13.6. The van der Waals surface area contributed by atoms with E-state index in [1.807, 2.05) is 42.2 Å². The Balaban J connectivity index is 2.07. The SMILES string of the molecule is CCN(CC(=O)Nc1cccc(S(N)(=O)=O)c1)c1ccccc1. The third kappa shape index (κ3) is 4.80. The van der Waals surface area contributed by atoms with E-state index in [1.54, 1.807) is 6.07 Å². The normalized spacial score (nSPS) is 11.0. The Morgan fingerprint density at radius 3 is 2.43 bits per heavy atom. The fraction of sp³-hybridized carbons (Fsp3) is 0.188. The maximum atomic E-state index is 12.2. The molecule has 0 spiro atoms. The molecule has 0 atom stereocenters. The van der Waals surface area contributed by atoms with Gasteiger partial charge in [-0.05, 0) is 37.3 Å². The van der Waals surface area contributed by atoms with Crippen LogP contribution in [-0.2, 0) is 14.8 Å². The van der Waals surface area contributed by atoms with Crippen molar-refractivity contribution in [3.63, 3.8) is 0 Å². The molecule has 7 heteroatoms. The lowest BCUT2D eigenvalue weighted by Crippen LogP contribution is -2.33. The summed E-state index contributed by atoms with van der Waals surface area (Å²) in [7, 11) is -3.79. The first-order valence-corrected chi connectivity index (χ1v) is 8.67. The minimum Gasteiger partial charge on any atom is -0.362 e. The Bertz CT molecular complexity index is 776. The summed E-state index contributed by atoms with van der Waals surface area (Å²) < 4.78 is 22.7. The number of carbonyl (C=O) groups is 1. The van der Waals surface area contributed by atoms with E-state index in [9.17, 15) is 13.2 Å². The van der Waals surface area contributed by atoms with Gasteiger partial charge in [0.2, 0.25) is 15.9 Å². The van der Waals surface area contributed by atoms with Crippen LogP contribution < -0.4 is 15.4 Å². The molecule has 2 aromatic rings. The molecule has 0 saturated heterocycles. The van der Waals surface area contributed by atoms with E-state index in [0.29, 0.717) is 12.2 Å². The summed E-state index contributed by atoms with van der Waals surface area (Å²) in [4.78, 5) is 14.1. The number of rotatable bonds is 6. The molecule has 0 aromatic heterocycles. The zero-order chi connectivity index (χ0) is 16.9. The molecule has 0 aliphatic carbocycles. The Morgan fingerprint density at radius 2 is 1.83 bits per heavy atom. The summed E-state index contributed by atoms with van der Waals surface area (Å²) in [6.45, 7) is 2.80. The van der Waals surface area contributed by atoms with E-state index in [0.717, 1.165) is 5.69 Å². The largest absolute Gasteiger partial charge is 0.362 e. The molecule has 0 fully saturated rings. The van der Waals surface area contributed by atoms with E-state index in [-0.39, 0.29) is 17.3 Å². The van der Waals surface area contributed by atoms with Crippen molar-refractivity contribution in [1.82, 2.24) is 0 Å². The van der Waals surface area contributed by atoms with Crippen LogP contribution in [0.5, 0.6) is 0 Å². The number of amides is 1. The fourth-order valence-electron chi connectivity index (χ4n) is 2.15. The lowest BCUT2D eigenvalue weighted by atomic mass is 10.2. The zero-order valence-electron chi connectivity index (χ0n) is 12.8. The molecule has 6 nitrogen and oxygen atoms in total.